The number of benzene rings is 1. The molecular formula is C15H19NO6. The van der Waals surface area contributed by atoms with Gasteiger partial charge in [-0.25, -0.2) is 4.79 Å². The summed E-state index contributed by atoms with van der Waals surface area (Å²) in [4.78, 5) is 14.1. The summed E-state index contributed by atoms with van der Waals surface area (Å²) in [5.74, 6) is 1.10. The minimum Gasteiger partial charge on any atom is -0.491 e. The highest BCUT2D eigenvalue weighted by Crippen LogP contribution is 2.38. The third-order valence-electron chi connectivity index (χ3n) is 3.65. The predicted molar refractivity (Wildman–Crippen MR) is 76.7 cm³/mol. The number of hydrogen-bond donors (Lipinski definition) is 0. The maximum absolute atomic E-state index is 11.9. The molecule has 0 bridgehead atoms. The zero-order valence-corrected chi connectivity index (χ0v) is 12.5. The van der Waals surface area contributed by atoms with Gasteiger partial charge in [-0.3, -0.25) is 4.90 Å². The minimum absolute atomic E-state index is 0.146. The molecule has 0 unspecified atom stereocenters. The second-order valence-corrected chi connectivity index (χ2v) is 5.00. The number of fused-ring (bicyclic) bond motifs is 1. The molecule has 1 aromatic rings. The summed E-state index contributed by atoms with van der Waals surface area (Å²) in [6.07, 6.45) is 0. The van der Waals surface area contributed by atoms with E-state index in [1.54, 1.807) is 12.1 Å². The Hall–Kier alpha value is -1.99. The average molecular weight is 309 g/mol. The van der Waals surface area contributed by atoms with Crippen LogP contribution in [-0.2, 0) is 9.47 Å². The number of morpholine rings is 1. The Labute approximate surface area is 128 Å². The van der Waals surface area contributed by atoms with Crippen LogP contribution in [0.2, 0.25) is 0 Å². The summed E-state index contributed by atoms with van der Waals surface area (Å²) in [5, 5.41) is 0. The summed E-state index contributed by atoms with van der Waals surface area (Å²) in [5.41, 5.74) is 0.341. The Balaban J connectivity index is 1.67. The van der Waals surface area contributed by atoms with E-state index >= 15 is 0 Å². The standard InChI is InChI=1S/C15H19NO6/c1-18-15(17)11-8-13-14(22-10-21-13)9-12(11)20-7-4-16-2-5-19-6-3-16/h8-9H,2-7,10H2,1H3. The molecule has 3 rings (SSSR count). The van der Waals surface area contributed by atoms with Gasteiger partial charge in [0.25, 0.3) is 0 Å². The summed E-state index contributed by atoms with van der Waals surface area (Å²) in [6.45, 7) is 4.69. The molecule has 1 fully saturated rings. The quantitative estimate of drug-likeness (QED) is 0.749. The van der Waals surface area contributed by atoms with Gasteiger partial charge >= 0.3 is 5.97 Å². The summed E-state index contributed by atoms with van der Waals surface area (Å²) in [7, 11) is 1.34. The molecule has 7 heteroatoms. The molecule has 2 heterocycles. The lowest BCUT2D eigenvalue weighted by atomic mass is 10.1. The van der Waals surface area contributed by atoms with Gasteiger partial charge in [0.2, 0.25) is 6.79 Å². The fourth-order valence-electron chi connectivity index (χ4n) is 2.42. The Morgan fingerprint density at radius 3 is 2.68 bits per heavy atom. The van der Waals surface area contributed by atoms with E-state index in [0.717, 1.165) is 32.8 Å². The molecular weight excluding hydrogens is 290 g/mol. The van der Waals surface area contributed by atoms with Gasteiger partial charge in [-0.05, 0) is 0 Å². The van der Waals surface area contributed by atoms with Crippen molar-refractivity contribution in [3.63, 3.8) is 0 Å². The van der Waals surface area contributed by atoms with E-state index in [0.29, 0.717) is 29.4 Å². The van der Waals surface area contributed by atoms with Crippen LogP contribution in [0.25, 0.3) is 0 Å². The first-order chi connectivity index (χ1) is 10.8. The van der Waals surface area contributed by atoms with Crippen LogP contribution in [-0.4, -0.2) is 64.2 Å². The van der Waals surface area contributed by atoms with Crippen molar-refractivity contribution in [2.75, 3.05) is 53.4 Å². The van der Waals surface area contributed by atoms with E-state index in [9.17, 15) is 4.79 Å². The lowest BCUT2D eigenvalue weighted by Gasteiger charge is -2.26. The van der Waals surface area contributed by atoms with Crippen molar-refractivity contribution in [1.82, 2.24) is 4.90 Å². The lowest BCUT2D eigenvalue weighted by molar-refractivity contribution is 0.0321. The molecule has 0 aromatic heterocycles. The first-order valence-electron chi connectivity index (χ1n) is 7.23. The Bertz CT molecular complexity index is 541. The second kappa shape index (κ2) is 6.85. The van der Waals surface area contributed by atoms with Gasteiger partial charge in [0.1, 0.15) is 17.9 Å². The largest absolute Gasteiger partial charge is 0.491 e. The number of ether oxygens (including phenoxy) is 5. The lowest BCUT2D eigenvalue weighted by Crippen LogP contribution is -2.38. The van der Waals surface area contributed by atoms with Gasteiger partial charge in [-0.1, -0.05) is 0 Å². The van der Waals surface area contributed by atoms with Gasteiger partial charge in [0, 0.05) is 31.8 Å². The van der Waals surface area contributed by atoms with Gasteiger partial charge < -0.3 is 23.7 Å². The van der Waals surface area contributed by atoms with Gasteiger partial charge in [-0.2, -0.15) is 0 Å². The van der Waals surface area contributed by atoms with Crippen molar-refractivity contribution in [2.45, 2.75) is 0 Å². The minimum atomic E-state index is -0.459. The summed E-state index contributed by atoms with van der Waals surface area (Å²) >= 11 is 0. The van der Waals surface area contributed by atoms with E-state index in [2.05, 4.69) is 4.90 Å². The molecule has 0 N–H and O–H groups in total. The molecule has 2 aliphatic rings. The van der Waals surface area contributed by atoms with Crippen LogP contribution in [0.5, 0.6) is 17.2 Å². The fourth-order valence-corrected chi connectivity index (χ4v) is 2.42. The highest BCUT2D eigenvalue weighted by Gasteiger charge is 2.22. The number of carbonyl (C=O) groups excluding carboxylic acids is 1. The van der Waals surface area contributed by atoms with Crippen molar-refractivity contribution in [2.24, 2.45) is 0 Å². The Morgan fingerprint density at radius 2 is 1.95 bits per heavy atom. The summed E-state index contributed by atoms with van der Waals surface area (Å²) in [6, 6.07) is 3.27. The van der Waals surface area contributed by atoms with E-state index in [1.165, 1.54) is 7.11 Å². The van der Waals surface area contributed by atoms with E-state index < -0.39 is 5.97 Å². The molecule has 1 aromatic carbocycles. The molecule has 0 radical (unpaired) electrons. The summed E-state index contributed by atoms with van der Waals surface area (Å²) < 4.78 is 26.5. The molecule has 0 aliphatic carbocycles. The number of nitrogens with zero attached hydrogens (tertiary/aromatic N) is 1. The normalized spacial score (nSPS) is 17.3. The van der Waals surface area contributed by atoms with Crippen LogP contribution in [0, 0.1) is 0 Å². The van der Waals surface area contributed by atoms with E-state index in [4.69, 9.17) is 23.7 Å². The first-order valence-corrected chi connectivity index (χ1v) is 7.23. The van der Waals surface area contributed by atoms with Crippen molar-refractivity contribution in [1.29, 1.82) is 0 Å². The van der Waals surface area contributed by atoms with Crippen LogP contribution in [0.1, 0.15) is 10.4 Å². The maximum Gasteiger partial charge on any atom is 0.341 e. The number of hydrogen-bond acceptors (Lipinski definition) is 7. The number of carbonyl (C=O) groups is 1. The number of methoxy groups -OCH3 is 1. The van der Waals surface area contributed by atoms with Crippen molar-refractivity contribution in [3.8, 4) is 17.2 Å². The van der Waals surface area contributed by atoms with Crippen molar-refractivity contribution < 1.29 is 28.5 Å². The third-order valence-corrected chi connectivity index (χ3v) is 3.65. The number of rotatable bonds is 5. The Morgan fingerprint density at radius 1 is 1.23 bits per heavy atom. The Kier molecular flexibility index (Phi) is 4.65. The topological polar surface area (TPSA) is 66.5 Å². The van der Waals surface area contributed by atoms with Gasteiger partial charge in [0.15, 0.2) is 11.5 Å². The molecule has 0 saturated carbocycles. The first kappa shape index (κ1) is 14.9. The number of esters is 1. The maximum atomic E-state index is 11.9. The van der Waals surface area contributed by atoms with Crippen LogP contribution in [0.15, 0.2) is 12.1 Å². The zero-order valence-electron chi connectivity index (χ0n) is 12.5. The highest BCUT2D eigenvalue weighted by molar-refractivity contribution is 5.93. The zero-order chi connectivity index (χ0) is 15.4. The molecule has 0 atom stereocenters. The molecule has 2 aliphatic heterocycles. The smallest absolute Gasteiger partial charge is 0.341 e. The SMILES string of the molecule is COC(=O)c1cc2c(cc1OCCN1CCOCC1)OCO2. The van der Waals surface area contributed by atoms with E-state index in [-0.39, 0.29) is 6.79 Å². The second-order valence-electron chi connectivity index (χ2n) is 5.00. The molecule has 0 spiro atoms. The van der Waals surface area contributed by atoms with Gasteiger partial charge in [0.05, 0.1) is 20.3 Å². The monoisotopic (exact) mass is 309 g/mol. The predicted octanol–water partition coefficient (Wildman–Crippen LogP) is 0.913. The molecule has 0 amide bonds. The van der Waals surface area contributed by atoms with E-state index in [1.807, 2.05) is 0 Å². The molecule has 22 heavy (non-hydrogen) atoms. The third kappa shape index (κ3) is 3.26. The van der Waals surface area contributed by atoms with Crippen LogP contribution < -0.4 is 14.2 Å². The van der Waals surface area contributed by atoms with Crippen molar-refractivity contribution >= 4 is 5.97 Å². The molecule has 1 saturated heterocycles. The van der Waals surface area contributed by atoms with Crippen LogP contribution in [0.4, 0.5) is 0 Å². The van der Waals surface area contributed by atoms with Crippen molar-refractivity contribution in [3.05, 3.63) is 17.7 Å². The van der Waals surface area contributed by atoms with Gasteiger partial charge in [-0.15, -0.1) is 0 Å². The highest BCUT2D eigenvalue weighted by atomic mass is 16.7. The van der Waals surface area contributed by atoms with Crippen LogP contribution in [0.3, 0.4) is 0 Å². The molecule has 120 valence electrons. The fraction of sp³-hybridized carbons (Fsp3) is 0.533. The average Bonchev–Trinajstić information content (AvgIpc) is 3.01. The molecule has 7 nitrogen and oxygen atoms in total. The van der Waals surface area contributed by atoms with Crippen LogP contribution >= 0.6 is 0 Å².